The summed E-state index contributed by atoms with van der Waals surface area (Å²) < 4.78 is 23.1. The highest BCUT2D eigenvalue weighted by Crippen LogP contribution is 2.46. The molecule has 5 heterocycles. The minimum atomic E-state index is -2.00. The third-order valence-electron chi connectivity index (χ3n) is 9.16. The number of nitrogens with zero attached hydrogens (tertiary/aromatic N) is 5. The van der Waals surface area contributed by atoms with E-state index in [1.165, 1.54) is 15.3 Å². The molecule has 0 saturated carbocycles. The first-order valence-electron chi connectivity index (χ1n) is 14.4. The van der Waals surface area contributed by atoms with Gasteiger partial charge in [0.25, 0.3) is 11.5 Å². The number of aryl methyl sites for hydroxylation is 1. The van der Waals surface area contributed by atoms with Crippen molar-refractivity contribution < 1.29 is 34.0 Å². The summed E-state index contributed by atoms with van der Waals surface area (Å²) in [6, 6.07) is 2.33. The topological polar surface area (TPSA) is 182 Å². The van der Waals surface area contributed by atoms with Gasteiger partial charge in [0.05, 0.1) is 54.8 Å². The van der Waals surface area contributed by atoms with Gasteiger partial charge in [-0.1, -0.05) is 12.1 Å². The van der Waals surface area contributed by atoms with Crippen LogP contribution in [0.3, 0.4) is 0 Å². The average Bonchev–Trinajstić information content (AvgIpc) is 3.60. The van der Waals surface area contributed by atoms with Crippen molar-refractivity contribution in [2.24, 2.45) is 0 Å². The Morgan fingerprint density at radius 1 is 1.23 bits per heavy atom. The summed E-state index contributed by atoms with van der Waals surface area (Å²) in [7, 11) is 0. The van der Waals surface area contributed by atoms with Crippen molar-refractivity contribution in [3.8, 4) is 11.4 Å². The van der Waals surface area contributed by atoms with Gasteiger partial charge < -0.3 is 29.9 Å². The maximum atomic E-state index is 15.2. The highest BCUT2D eigenvalue weighted by atomic mass is 19.1. The second kappa shape index (κ2) is 10.0. The molecule has 4 aromatic rings. The number of aromatic nitrogens is 5. The van der Waals surface area contributed by atoms with Crippen LogP contribution in [0, 0.1) is 12.7 Å². The maximum Gasteiger partial charge on any atom is 0.343 e. The summed E-state index contributed by atoms with van der Waals surface area (Å²) in [4.78, 5) is 44.9. The van der Waals surface area contributed by atoms with E-state index in [0.717, 1.165) is 5.56 Å². The average molecular weight is 605 g/mol. The fourth-order valence-electron chi connectivity index (χ4n) is 6.88. The summed E-state index contributed by atoms with van der Waals surface area (Å²) in [5, 5.41) is 42.0. The molecule has 13 nitrogen and oxygen atoms in total. The van der Waals surface area contributed by atoms with Gasteiger partial charge in [-0.15, -0.1) is 5.10 Å². The molecule has 0 fully saturated rings. The standard InChI is InChI=1S/C30H29FN6O7/c1-3-30(43)17-8-22-25-15(10-36(22)28(41)16(17)12-44-29(30)42)24-19(5-4-14-13(2)18(31)9-20(32-25)23(14)24)33-27(40)26-21(11-39)34-35-37(26)6-7-38/h8-9,19,38-39,43H,3-7,10-12H2,1-2H3,(H,33,40)/t19-,30-/m0/s1. The number of carbonyl (C=O) groups is 2. The Kier molecular flexibility index (Phi) is 6.43. The lowest BCUT2D eigenvalue weighted by Gasteiger charge is -2.31. The van der Waals surface area contributed by atoms with Crippen molar-refractivity contribution in [2.75, 3.05) is 6.61 Å². The molecule has 1 amide bonds. The van der Waals surface area contributed by atoms with Gasteiger partial charge in [-0.25, -0.2) is 18.9 Å². The number of halogens is 1. The van der Waals surface area contributed by atoms with Crippen molar-refractivity contribution in [2.45, 2.75) is 71.1 Å². The Labute approximate surface area is 248 Å². The van der Waals surface area contributed by atoms with Crippen molar-refractivity contribution >= 4 is 22.8 Å². The number of fused-ring (bicyclic) bond motifs is 5. The molecule has 3 aliphatic rings. The zero-order chi connectivity index (χ0) is 31.1. The SMILES string of the molecule is CC[C@@]1(O)C(=O)OCc2c1cc1n(c2=O)Cc2c-1nc1cc(F)c(C)c3c1c2[C@@H](NC(=O)c1c(CO)nnn1CCO)CC3. The van der Waals surface area contributed by atoms with Crippen LogP contribution in [0.15, 0.2) is 16.9 Å². The number of ether oxygens (including phenoxy) is 1. The summed E-state index contributed by atoms with van der Waals surface area (Å²) in [5.74, 6) is -1.83. The minimum absolute atomic E-state index is 0.00412. The number of rotatable bonds is 6. The van der Waals surface area contributed by atoms with E-state index in [9.17, 15) is 29.7 Å². The van der Waals surface area contributed by atoms with Crippen LogP contribution in [0.5, 0.6) is 0 Å². The third-order valence-corrected chi connectivity index (χ3v) is 9.16. The quantitative estimate of drug-likeness (QED) is 0.204. The van der Waals surface area contributed by atoms with E-state index in [2.05, 4.69) is 15.6 Å². The number of cyclic esters (lactones) is 1. The zero-order valence-corrected chi connectivity index (χ0v) is 24.0. The van der Waals surface area contributed by atoms with E-state index in [0.29, 0.717) is 51.8 Å². The Morgan fingerprint density at radius 2 is 2.02 bits per heavy atom. The van der Waals surface area contributed by atoms with Gasteiger partial charge in [0, 0.05) is 22.6 Å². The first-order valence-corrected chi connectivity index (χ1v) is 14.4. The van der Waals surface area contributed by atoms with Gasteiger partial charge >= 0.3 is 5.97 Å². The molecular formula is C30H29FN6O7. The summed E-state index contributed by atoms with van der Waals surface area (Å²) in [6.45, 7) is 2.31. The molecule has 0 bridgehead atoms. The lowest BCUT2D eigenvalue weighted by molar-refractivity contribution is -0.172. The van der Waals surface area contributed by atoms with Crippen molar-refractivity contribution in [1.82, 2.24) is 29.9 Å². The first kappa shape index (κ1) is 28.3. The van der Waals surface area contributed by atoms with Gasteiger partial charge in [0.2, 0.25) is 0 Å². The largest absolute Gasteiger partial charge is 0.458 e. The van der Waals surface area contributed by atoms with E-state index in [-0.39, 0.29) is 55.2 Å². The second-order valence-electron chi connectivity index (χ2n) is 11.4. The van der Waals surface area contributed by atoms with E-state index in [1.807, 2.05) is 0 Å². The number of nitrogens with one attached hydrogen (secondary N) is 1. The number of amides is 1. The summed E-state index contributed by atoms with van der Waals surface area (Å²) in [6.07, 6.45) is 0.846. The van der Waals surface area contributed by atoms with Crippen LogP contribution in [-0.2, 0) is 47.9 Å². The lowest BCUT2D eigenvalue weighted by Crippen LogP contribution is -2.44. The second-order valence-corrected chi connectivity index (χ2v) is 11.4. The van der Waals surface area contributed by atoms with Crippen LogP contribution in [0.1, 0.15) is 75.4 Å². The summed E-state index contributed by atoms with van der Waals surface area (Å²) in [5.41, 5.74) is 1.68. The molecule has 1 aromatic carbocycles. The minimum Gasteiger partial charge on any atom is -0.458 e. The van der Waals surface area contributed by atoms with E-state index in [1.54, 1.807) is 19.9 Å². The molecule has 0 radical (unpaired) electrons. The fourth-order valence-corrected chi connectivity index (χ4v) is 6.88. The molecule has 2 aliphatic heterocycles. The molecule has 0 spiro atoms. The first-order chi connectivity index (χ1) is 21.1. The molecule has 2 atom stereocenters. The zero-order valence-electron chi connectivity index (χ0n) is 24.0. The van der Waals surface area contributed by atoms with Crippen LogP contribution in [0.25, 0.3) is 22.3 Å². The van der Waals surface area contributed by atoms with E-state index in [4.69, 9.17) is 9.72 Å². The molecule has 0 saturated heterocycles. The van der Waals surface area contributed by atoms with Crippen molar-refractivity contribution in [1.29, 1.82) is 0 Å². The van der Waals surface area contributed by atoms with Gasteiger partial charge in [0.1, 0.15) is 18.1 Å². The molecule has 44 heavy (non-hydrogen) atoms. The van der Waals surface area contributed by atoms with Gasteiger partial charge in [0.15, 0.2) is 11.3 Å². The van der Waals surface area contributed by atoms with Crippen molar-refractivity contribution in [3.05, 3.63) is 73.1 Å². The van der Waals surface area contributed by atoms with Crippen molar-refractivity contribution in [3.63, 3.8) is 0 Å². The molecule has 1 aliphatic carbocycles. The Morgan fingerprint density at radius 3 is 2.75 bits per heavy atom. The monoisotopic (exact) mass is 604 g/mol. The summed E-state index contributed by atoms with van der Waals surface area (Å²) >= 11 is 0. The fraction of sp³-hybridized carbons (Fsp3) is 0.400. The molecule has 3 aromatic heterocycles. The Balaban J connectivity index is 1.43. The van der Waals surface area contributed by atoms with Crippen LogP contribution >= 0.6 is 0 Å². The number of esters is 1. The number of aliphatic hydroxyl groups excluding tert-OH is 2. The number of pyridine rings is 2. The van der Waals surface area contributed by atoms with E-state index >= 15 is 4.39 Å². The lowest BCUT2D eigenvalue weighted by atomic mass is 9.81. The van der Waals surface area contributed by atoms with E-state index < -0.39 is 41.5 Å². The molecule has 7 rings (SSSR count). The molecule has 228 valence electrons. The third kappa shape index (κ3) is 3.80. The van der Waals surface area contributed by atoms with Gasteiger partial charge in [-0.05, 0) is 48.9 Å². The molecular weight excluding hydrogens is 575 g/mol. The number of carbonyl (C=O) groups excluding carboxylic acids is 2. The van der Waals surface area contributed by atoms with Gasteiger partial charge in [-0.3, -0.25) is 9.59 Å². The predicted molar refractivity (Wildman–Crippen MR) is 151 cm³/mol. The van der Waals surface area contributed by atoms with Gasteiger partial charge in [-0.2, -0.15) is 0 Å². The van der Waals surface area contributed by atoms with Crippen LogP contribution in [-0.4, -0.2) is 58.3 Å². The normalized spacial score (nSPS) is 19.9. The molecule has 14 heteroatoms. The van der Waals surface area contributed by atoms with Crippen LogP contribution < -0.4 is 10.9 Å². The number of hydrogen-bond donors (Lipinski definition) is 4. The Hall–Kier alpha value is -4.53. The number of aliphatic hydroxyl groups is 3. The van der Waals surface area contributed by atoms with Crippen LogP contribution in [0.2, 0.25) is 0 Å². The molecule has 0 unspecified atom stereocenters. The highest BCUT2D eigenvalue weighted by molar-refractivity contribution is 5.96. The Bertz CT molecular complexity index is 1990. The maximum absolute atomic E-state index is 15.2. The van der Waals surface area contributed by atoms with Crippen LogP contribution in [0.4, 0.5) is 4.39 Å². The smallest absolute Gasteiger partial charge is 0.343 e. The predicted octanol–water partition coefficient (Wildman–Crippen LogP) is 1.02. The number of benzene rings is 1. The highest BCUT2D eigenvalue weighted by Gasteiger charge is 2.46. The molecule has 4 N–H and O–H groups in total. The number of hydrogen-bond acceptors (Lipinski definition) is 10.